The summed E-state index contributed by atoms with van der Waals surface area (Å²) in [5.41, 5.74) is 0.240. The van der Waals surface area contributed by atoms with Crippen LogP contribution >= 0.6 is 0 Å². The molecule has 0 saturated carbocycles. The molecule has 0 spiro atoms. The molecule has 5 heteroatoms. The van der Waals surface area contributed by atoms with E-state index in [0.29, 0.717) is 11.6 Å². The highest BCUT2D eigenvalue weighted by Crippen LogP contribution is 2.13. The minimum atomic E-state index is -0.233. The molecule has 2 heterocycles. The third kappa shape index (κ3) is 2.98. The molecule has 98 valence electrons. The predicted octanol–water partition coefficient (Wildman–Crippen LogP) is 0.589. The molecule has 2 rings (SSSR count). The zero-order chi connectivity index (χ0) is 13.0. The maximum atomic E-state index is 12.2. The summed E-state index contributed by atoms with van der Waals surface area (Å²) in [6, 6.07) is 3.52. The number of nitrogens with one attached hydrogen (secondary N) is 2. The van der Waals surface area contributed by atoms with Crippen molar-refractivity contribution in [1.82, 2.24) is 15.2 Å². The predicted molar refractivity (Wildman–Crippen MR) is 69.7 cm³/mol. The number of aromatic nitrogens is 1. The smallest absolute Gasteiger partial charge is 0.254 e. The monoisotopic (exact) mass is 249 g/mol. The molecule has 0 unspecified atom stereocenters. The number of pyridine rings is 1. The van der Waals surface area contributed by atoms with Crippen LogP contribution in [0.4, 0.5) is 0 Å². The second-order valence-corrected chi connectivity index (χ2v) is 4.57. The van der Waals surface area contributed by atoms with E-state index in [1.165, 1.54) is 12.3 Å². The first kappa shape index (κ1) is 12.8. The van der Waals surface area contributed by atoms with Crippen LogP contribution in [0, 0.1) is 0 Å². The molecule has 1 aromatic heterocycles. The lowest BCUT2D eigenvalue weighted by atomic mass is 10.0. The van der Waals surface area contributed by atoms with Crippen molar-refractivity contribution in [1.29, 1.82) is 0 Å². The highest BCUT2D eigenvalue weighted by molar-refractivity contribution is 5.94. The molecule has 1 aromatic rings. The van der Waals surface area contributed by atoms with Crippen LogP contribution in [0.1, 0.15) is 30.1 Å². The summed E-state index contributed by atoms with van der Waals surface area (Å²) in [4.78, 5) is 27.7. The molecule has 2 N–H and O–H groups in total. The average molecular weight is 249 g/mol. The van der Waals surface area contributed by atoms with Crippen LogP contribution < -0.4 is 10.9 Å². The lowest BCUT2D eigenvalue weighted by molar-refractivity contribution is 0.0705. The number of nitrogens with zero attached hydrogens (tertiary/aromatic N) is 1. The summed E-state index contributed by atoms with van der Waals surface area (Å²) >= 11 is 0. The molecule has 0 radical (unpaired) electrons. The van der Waals surface area contributed by atoms with Gasteiger partial charge in [-0.25, -0.2) is 0 Å². The Morgan fingerprint density at radius 3 is 2.83 bits per heavy atom. The maximum Gasteiger partial charge on any atom is 0.254 e. The van der Waals surface area contributed by atoms with E-state index in [2.05, 4.69) is 17.2 Å². The van der Waals surface area contributed by atoms with Gasteiger partial charge in [-0.15, -0.1) is 0 Å². The van der Waals surface area contributed by atoms with Crippen molar-refractivity contribution in [3.8, 4) is 0 Å². The van der Waals surface area contributed by atoms with Gasteiger partial charge in [0.25, 0.3) is 5.91 Å². The summed E-state index contributed by atoms with van der Waals surface area (Å²) in [5, 5.41) is 3.40. The van der Waals surface area contributed by atoms with E-state index in [0.717, 1.165) is 32.5 Å². The molecule has 0 aliphatic carbocycles. The Morgan fingerprint density at radius 2 is 2.22 bits per heavy atom. The number of carbonyl (C=O) groups is 1. The second kappa shape index (κ2) is 5.82. The first-order valence-corrected chi connectivity index (χ1v) is 6.42. The number of aromatic amines is 1. The standard InChI is InChI=1S/C13H19N3O2/c1-2-14-11-4-7-16(8-5-11)13(18)10-3-6-15-12(17)9-10/h3,6,9,11,14H,2,4-5,7-8H2,1H3,(H,15,17). The molecule has 1 amide bonds. The number of piperidine rings is 1. The molecule has 1 saturated heterocycles. The van der Waals surface area contributed by atoms with Gasteiger partial charge in [-0.1, -0.05) is 6.92 Å². The fraction of sp³-hybridized carbons (Fsp3) is 0.538. The zero-order valence-corrected chi connectivity index (χ0v) is 10.6. The largest absolute Gasteiger partial charge is 0.339 e. The SMILES string of the molecule is CCNC1CCN(C(=O)c2cc[nH]c(=O)c2)CC1. The van der Waals surface area contributed by atoms with Gasteiger partial charge in [-0.3, -0.25) is 9.59 Å². The van der Waals surface area contributed by atoms with Gasteiger partial charge in [0, 0.05) is 37.0 Å². The summed E-state index contributed by atoms with van der Waals surface area (Å²) in [6.45, 7) is 4.56. The van der Waals surface area contributed by atoms with Gasteiger partial charge in [0.15, 0.2) is 0 Å². The Bertz CT molecular complexity index is 461. The van der Waals surface area contributed by atoms with Crippen molar-refractivity contribution >= 4 is 5.91 Å². The minimum absolute atomic E-state index is 0.0453. The van der Waals surface area contributed by atoms with E-state index in [4.69, 9.17) is 0 Å². The summed E-state index contributed by atoms with van der Waals surface area (Å²) in [5.74, 6) is -0.0453. The zero-order valence-electron chi connectivity index (χ0n) is 10.6. The van der Waals surface area contributed by atoms with E-state index in [1.54, 1.807) is 6.07 Å². The van der Waals surface area contributed by atoms with E-state index in [-0.39, 0.29) is 11.5 Å². The second-order valence-electron chi connectivity index (χ2n) is 4.57. The number of hydrogen-bond donors (Lipinski definition) is 2. The molecule has 1 fully saturated rings. The molecule has 5 nitrogen and oxygen atoms in total. The van der Waals surface area contributed by atoms with Gasteiger partial charge >= 0.3 is 0 Å². The summed E-state index contributed by atoms with van der Waals surface area (Å²) < 4.78 is 0. The highest BCUT2D eigenvalue weighted by atomic mass is 16.2. The van der Waals surface area contributed by atoms with Crippen LogP contribution in [0.3, 0.4) is 0 Å². The maximum absolute atomic E-state index is 12.2. The van der Waals surface area contributed by atoms with Gasteiger partial charge in [-0.2, -0.15) is 0 Å². The highest BCUT2D eigenvalue weighted by Gasteiger charge is 2.23. The van der Waals surface area contributed by atoms with Gasteiger partial charge in [0.1, 0.15) is 0 Å². The Kier molecular flexibility index (Phi) is 4.15. The average Bonchev–Trinajstić information content (AvgIpc) is 2.39. The Hall–Kier alpha value is -1.62. The van der Waals surface area contributed by atoms with Gasteiger partial charge < -0.3 is 15.2 Å². The van der Waals surface area contributed by atoms with Crippen LogP contribution in [-0.2, 0) is 0 Å². The first-order chi connectivity index (χ1) is 8.70. The van der Waals surface area contributed by atoms with Crippen molar-refractivity contribution in [2.75, 3.05) is 19.6 Å². The Balaban J connectivity index is 1.97. The fourth-order valence-corrected chi connectivity index (χ4v) is 2.34. The molecular weight excluding hydrogens is 230 g/mol. The van der Waals surface area contributed by atoms with Crippen molar-refractivity contribution in [2.45, 2.75) is 25.8 Å². The molecule has 1 aliphatic rings. The van der Waals surface area contributed by atoms with Crippen LogP contribution in [0.15, 0.2) is 23.1 Å². The molecule has 0 aromatic carbocycles. The normalized spacial score (nSPS) is 16.8. The number of amides is 1. The molecule has 0 atom stereocenters. The lowest BCUT2D eigenvalue weighted by Gasteiger charge is -2.32. The van der Waals surface area contributed by atoms with Crippen molar-refractivity contribution in [2.24, 2.45) is 0 Å². The Morgan fingerprint density at radius 1 is 1.50 bits per heavy atom. The molecular formula is C13H19N3O2. The number of H-pyrrole nitrogens is 1. The van der Waals surface area contributed by atoms with Crippen LogP contribution in [0.5, 0.6) is 0 Å². The molecule has 1 aliphatic heterocycles. The van der Waals surface area contributed by atoms with Gasteiger partial charge in [0.05, 0.1) is 0 Å². The van der Waals surface area contributed by atoms with E-state index in [9.17, 15) is 9.59 Å². The lowest BCUT2D eigenvalue weighted by Crippen LogP contribution is -2.45. The summed E-state index contributed by atoms with van der Waals surface area (Å²) in [7, 11) is 0. The van der Waals surface area contributed by atoms with E-state index < -0.39 is 0 Å². The minimum Gasteiger partial charge on any atom is -0.339 e. The van der Waals surface area contributed by atoms with Crippen molar-refractivity contribution in [3.63, 3.8) is 0 Å². The van der Waals surface area contributed by atoms with Crippen LogP contribution in [0.25, 0.3) is 0 Å². The number of rotatable bonds is 3. The van der Waals surface area contributed by atoms with E-state index in [1.807, 2.05) is 4.90 Å². The van der Waals surface area contributed by atoms with E-state index >= 15 is 0 Å². The molecule has 0 bridgehead atoms. The van der Waals surface area contributed by atoms with Crippen LogP contribution in [0.2, 0.25) is 0 Å². The topological polar surface area (TPSA) is 65.2 Å². The quantitative estimate of drug-likeness (QED) is 0.824. The number of carbonyl (C=O) groups excluding carboxylic acids is 1. The molecule has 18 heavy (non-hydrogen) atoms. The third-order valence-electron chi connectivity index (χ3n) is 3.30. The number of hydrogen-bond acceptors (Lipinski definition) is 3. The van der Waals surface area contributed by atoms with Crippen molar-refractivity contribution in [3.05, 3.63) is 34.2 Å². The number of likely N-dealkylation sites (tertiary alicyclic amines) is 1. The summed E-state index contributed by atoms with van der Waals surface area (Å²) in [6.07, 6.45) is 3.46. The third-order valence-corrected chi connectivity index (χ3v) is 3.30. The first-order valence-electron chi connectivity index (χ1n) is 6.42. The fourth-order valence-electron chi connectivity index (χ4n) is 2.34. The van der Waals surface area contributed by atoms with Crippen LogP contribution in [-0.4, -0.2) is 41.5 Å². The van der Waals surface area contributed by atoms with Crippen molar-refractivity contribution < 1.29 is 4.79 Å². The Labute approximate surface area is 106 Å². The van der Waals surface area contributed by atoms with Gasteiger partial charge in [0.2, 0.25) is 5.56 Å². The van der Waals surface area contributed by atoms with Gasteiger partial charge in [-0.05, 0) is 25.5 Å².